The molecule has 4 nitrogen and oxygen atoms in total. The Labute approximate surface area is 122 Å². The van der Waals surface area contributed by atoms with E-state index in [-0.39, 0.29) is 17.7 Å². The number of hydrazine groups is 1. The van der Waals surface area contributed by atoms with Crippen molar-refractivity contribution < 1.29 is 13.2 Å². The molecule has 0 bridgehead atoms. The van der Waals surface area contributed by atoms with Crippen molar-refractivity contribution in [1.82, 2.24) is 4.98 Å². The van der Waals surface area contributed by atoms with E-state index in [1.54, 1.807) is 0 Å². The Hall–Kier alpha value is -1.50. The molecule has 1 aromatic rings. The van der Waals surface area contributed by atoms with Gasteiger partial charge in [-0.3, -0.25) is 0 Å². The van der Waals surface area contributed by atoms with E-state index in [4.69, 9.17) is 5.84 Å². The summed E-state index contributed by atoms with van der Waals surface area (Å²) in [5.41, 5.74) is 1.42. The Kier molecular flexibility index (Phi) is 4.61. The summed E-state index contributed by atoms with van der Waals surface area (Å²) in [6.07, 6.45) is -1.39. The molecule has 0 aromatic carbocycles. The molecule has 0 saturated heterocycles. The topological polar surface area (TPSA) is 63.0 Å². The van der Waals surface area contributed by atoms with Gasteiger partial charge in [0.2, 0.25) is 0 Å². The molecule has 2 atom stereocenters. The van der Waals surface area contributed by atoms with E-state index >= 15 is 0 Å². The predicted molar refractivity (Wildman–Crippen MR) is 76.6 cm³/mol. The molecule has 0 aliphatic heterocycles. The Balaban J connectivity index is 2.19. The van der Waals surface area contributed by atoms with E-state index in [0.29, 0.717) is 11.8 Å². The maximum atomic E-state index is 12.9. The van der Waals surface area contributed by atoms with Crippen molar-refractivity contribution in [2.75, 3.05) is 10.7 Å². The van der Waals surface area contributed by atoms with Gasteiger partial charge in [0.25, 0.3) is 0 Å². The summed E-state index contributed by atoms with van der Waals surface area (Å²) < 4.78 is 38.6. The fourth-order valence-electron chi connectivity index (χ4n) is 3.12. The normalized spacial score (nSPS) is 26.5. The van der Waals surface area contributed by atoms with Crippen molar-refractivity contribution in [3.05, 3.63) is 17.7 Å². The Morgan fingerprint density at radius 3 is 2.19 bits per heavy atom. The van der Waals surface area contributed by atoms with Crippen LogP contribution in [-0.4, -0.2) is 11.0 Å². The number of hydrogen-bond donors (Lipinski definition) is 3. The van der Waals surface area contributed by atoms with Gasteiger partial charge in [-0.1, -0.05) is 13.8 Å². The van der Waals surface area contributed by atoms with E-state index in [1.807, 2.05) is 0 Å². The van der Waals surface area contributed by atoms with Crippen molar-refractivity contribution in [2.45, 2.75) is 45.3 Å². The van der Waals surface area contributed by atoms with Crippen LogP contribution in [0.15, 0.2) is 12.1 Å². The minimum atomic E-state index is -4.42. The first-order valence-corrected chi connectivity index (χ1v) is 7.10. The van der Waals surface area contributed by atoms with Crippen LogP contribution in [0.5, 0.6) is 0 Å². The molecule has 0 amide bonds. The SMILES string of the molecule is CC1CC(C)CC(Nc2cc(C(F)(F)F)cc(NN)n2)C1. The Morgan fingerprint density at radius 2 is 1.67 bits per heavy atom. The summed E-state index contributed by atoms with van der Waals surface area (Å²) in [5.74, 6) is 6.54. The van der Waals surface area contributed by atoms with Crippen LogP contribution in [-0.2, 0) is 6.18 Å². The molecule has 7 heteroatoms. The second-order valence-electron chi connectivity index (χ2n) is 6.03. The number of nitrogens with zero attached hydrogens (tertiary/aromatic N) is 1. The second-order valence-corrected chi connectivity index (χ2v) is 6.03. The van der Waals surface area contributed by atoms with Gasteiger partial charge in [-0.15, -0.1) is 0 Å². The molecule has 1 heterocycles. The van der Waals surface area contributed by atoms with Crippen LogP contribution in [0.3, 0.4) is 0 Å². The van der Waals surface area contributed by atoms with Gasteiger partial charge in [0.05, 0.1) is 5.56 Å². The van der Waals surface area contributed by atoms with Crippen LogP contribution in [0.1, 0.15) is 38.7 Å². The van der Waals surface area contributed by atoms with Crippen LogP contribution in [0.25, 0.3) is 0 Å². The highest BCUT2D eigenvalue weighted by atomic mass is 19.4. The number of nitrogens with two attached hydrogens (primary N) is 1. The molecule has 1 saturated carbocycles. The van der Waals surface area contributed by atoms with Gasteiger partial charge in [0.1, 0.15) is 11.6 Å². The summed E-state index contributed by atoms with van der Waals surface area (Å²) in [5, 5.41) is 3.12. The number of halogens is 3. The van der Waals surface area contributed by atoms with Gasteiger partial charge in [0, 0.05) is 6.04 Å². The highest BCUT2D eigenvalue weighted by molar-refractivity contribution is 5.49. The molecule has 1 aliphatic rings. The van der Waals surface area contributed by atoms with Gasteiger partial charge in [0.15, 0.2) is 0 Å². The molecule has 0 radical (unpaired) electrons. The standard InChI is InChI=1S/C14H21F3N4/c1-8-3-9(2)5-11(4-8)19-12-6-10(14(15,16)17)7-13(20-12)21-18/h6-9,11H,3-5,18H2,1-2H3,(H2,19,20,21). The van der Waals surface area contributed by atoms with Gasteiger partial charge in [-0.25, -0.2) is 10.8 Å². The molecule has 2 unspecified atom stereocenters. The average molecular weight is 302 g/mol. The van der Waals surface area contributed by atoms with Crippen molar-refractivity contribution in [3.8, 4) is 0 Å². The Morgan fingerprint density at radius 1 is 1.10 bits per heavy atom. The zero-order valence-corrected chi connectivity index (χ0v) is 12.2. The van der Waals surface area contributed by atoms with Crippen molar-refractivity contribution >= 4 is 11.6 Å². The van der Waals surface area contributed by atoms with E-state index in [1.165, 1.54) is 0 Å². The molecule has 1 fully saturated rings. The first-order chi connectivity index (χ1) is 9.77. The molecule has 21 heavy (non-hydrogen) atoms. The maximum Gasteiger partial charge on any atom is 0.416 e. The zero-order chi connectivity index (χ0) is 15.6. The minimum absolute atomic E-state index is 0.00392. The molecule has 0 spiro atoms. The lowest BCUT2D eigenvalue weighted by Crippen LogP contribution is -2.30. The number of hydrogen-bond acceptors (Lipinski definition) is 4. The zero-order valence-electron chi connectivity index (χ0n) is 12.2. The van der Waals surface area contributed by atoms with Gasteiger partial charge < -0.3 is 10.7 Å². The van der Waals surface area contributed by atoms with Gasteiger partial charge in [-0.2, -0.15) is 13.2 Å². The third kappa shape index (κ3) is 4.23. The highest BCUT2D eigenvalue weighted by Gasteiger charge is 2.32. The number of anilines is 2. The second kappa shape index (κ2) is 6.09. The average Bonchev–Trinajstić information content (AvgIpc) is 2.36. The quantitative estimate of drug-likeness (QED) is 0.589. The fourth-order valence-corrected chi connectivity index (χ4v) is 3.12. The summed E-state index contributed by atoms with van der Waals surface area (Å²) in [7, 11) is 0. The Bertz CT molecular complexity index is 480. The summed E-state index contributed by atoms with van der Waals surface area (Å²) >= 11 is 0. The summed E-state index contributed by atoms with van der Waals surface area (Å²) in [6, 6.07) is 2.08. The lowest BCUT2D eigenvalue weighted by Gasteiger charge is -2.32. The van der Waals surface area contributed by atoms with E-state index in [2.05, 4.69) is 29.6 Å². The van der Waals surface area contributed by atoms with Crippen molar-refractivity contribution in [2.24, 2.45) is 17.7 Å². The van der Waals surface area contributed by atoms with Crippen LogP contribution in [0, 0.1) is 11.8 Å². The van der Waals surface area contributed by atoms with Crippen LogP contribution in [0.2, 0.25) is 0 Å². The van der Waals surface area contributed by atoms with Crippen LogP contribution < -0.4 is 16.6 Å². The van der Waals surface area contributed by atoms with E-state index < -0.39 is 11.7 Å². The van der Waals surface area contributed by atoms with Gasteiger partial charge >= 0.3 is 6.18 Å². The predicted octanol–water partition coefficient (Wildman–Crippen LogP) is 3.62. The first kappa shape index (κ1) is 15.9. The fraction of sp³-hybridized carbons (Fsp3) is 0.643. The van der Waals surface area contributed by atoms with Crippen LogP contribution >= 0.6 is 0 Å². The first-order valence-electron chi connectivity index (χ1n) is 7.10. The minimum Gasteiger partial charge on any atom is -0.367 e. The smallest absolute Gasteiger partial charge is 0.367 e. The number of rotatable bonds is 3. The molecule has 2 rings (SSSR count). The lowest BCUT2D eigenvalue weighted by atomic mass is 9.80. The number of nitrogens with one attached hydrogen (secondary N) is 2. The molecule has 118 valence electrons. The largest absolute Gasteiger partial charge is 0.416 e. The molecule has 1 aromatic heterocycles. The van der Waals surface area contributed by atoms with Crippen molar-refractivity contribution in [3.63, 3.8) is 0 Å². The third-order valence-corrected chi connectivity index (χ3v) is 3.83. The lowest BCUT2D eigenvalue weighted by molar-refractivity contribution is -0.137. The number of pyridine rings is 1. The van der Waals surface area contributed by atoms with Crippen molar-refractivity contribution in [1.29, 1.82) is 0 Å². The monoisotopic (exact) mass is 302 g/mol. The molecule has 4 N–H and O–H groups in total. The third-order valence-electron chi connectivity index (χ3n) is 3.83. The number of nitrogen functional groups attached to an aromatic ring is 1. The van der Waals surface area contributed by atoms with E-state index in [9.17, 15) is 13.2 Å². The number of alkyl halides is 3. The molecular formula is C14H21F3N4. The summed E-state index contributed by atoms with van der Waals surface area (Å²) in [4.78, 5) is 4.06. The highest BCUT2D eigenvalue weighted by Crippen LogP contribution is 2.34. The van der Waals surface area contributed by atoms with Crippen LogP contribution in [0.4, 0.5) is 24.8 Å². The molecular weight excluding hydrogens is 281 g/mol. The number of aromatic nitrogens is 1. The molecule has 1 aliphatic carbocycles. The maximum absolute atomic E-state index is 12.9. The van der Waals surface area contributed by atoms with E-state index in [0.717, 1.165) is 31.4 Å². The van der Waals surface area contributed by atoms with Gasteiger partial charge in [-0.05, 0) is 43.2 Å². The summed E-state index contributed by atoms with van der Waals surface area (Å²) in [6.45, 7) is 4.33.